The maximum absolute atomic E-state index is 10.6. The van der Waals surface area contributed by atoms with Gasteiger partial charge >= 0.3 is 0 Å². The Balaban J connectivity index is 1.75. The topological polar surface area (TPSA) is 83.8 Å². The molecule has 3 aliphatic heterocycles. The van der Waals surface area contributed by atoms with Crippen LogP contribution in [0.4, 0.5) is 5.69 Å². The fourth-order valence-electron chi connectivity index (χ4n) is 3.02. The summed E-state index contributed by atoms with van der Waals surface area (Å²) in [5, 5.41) is 10.6. The predicted octanol–water partition coefficient (Wildman–Crippen LogP) is 1.11. The molecule has 114 valence electrons. The van der Waals surface area contributed by atoms with Gasteiger partial charge in [0, 0.05) is 30.5 Å². The molecular weight excluding hydrogens is 270 g/mol. The number of nitrogen functional groups attached to an aromatic ring is 1. The lowest BCUT2D eigenvalue weighted by molar-refractivity contribution is 0.394. The van der Waals surface area contributed by atoms with Gasteiger partial charge in [-0.2, -0.15) is 0 Å². The van der Waals surface area contributed by atoms with Gasteiger partial charge in [0.25, 0.3) is 0 Å². The van der Waals surface area contributed by atoms with Crippen LogP contribution in [-0.2, 0) is 33.5 Å². The number of epoxide rings is 3. The summed E-state index contributed by atoms with van der Waals surface area (Å²) >= 11 is 0. The Morgan fingerprint density at radius 1 is 0.905 bits per heavy atom. The Morgan fingerprint density at radius 2 is 1.33 bits per heavy atom. The van der Waals surface area contributed by atoms with Crippen LogP contribution in [0.15, 0.2) is 0 Å². The van der Waals surface area contributed by atoms with Crippen molar-refractivity contribution in [1.29, 1.82) is 0 Å². The second kappa shape index (κ2) is 4.87. The Morgan fingerprint density at radius 3 is 1.81 bits per heavy atom. The molecule has 1 aromatic carbocycles. The van der Waals surface area contributed by atoms with E-state index in [4.69, 9.17) is 19.9 Å². The summed E-state index contributed by atoms with van der Waals surface area (Å²) in [5.41, 5.74) is 11.2. The van der Waals surface area contributed by atoms with Gasteiger partial charge in [-0.05, 0) is 23.6 Å². The summed E-state index contributed by atoms with van der Waals surface area (Å²) in [5.74, 6) is 0.381. The van der Waals surface area contributed by atoms with Gasteiger partial charge in [0.2, 0.25) is 0 Å². The van der Waals surface area contributed by atoms with Gasteiger partial charge in [0.1, 0.15) is 5.75 Å². The van der Waals surface area contributed by atoms with Crippen molar-refractivity contribution in [2.45, 2.75) is 44.5 Å². The largest absolute Gasteiger partial charge is 0.507 e. The Kier molecular flexibility index (Phi) is 3.10. The van der Waals surface area contributed by atoms with E-state index >= 15 is 0 Å². The summed E-state index contributed by atoms with van der Waals surface area (Å²) in [7, 11) is 0. The molecule has 3 heterocycles. The zero-order valence-electron chi connectivity index (χ0n) is 12.2. The number of aromatic hydroxyl groups is 1. The van der Waals surface area contributed by atoms with E-state index in [1.165, 1.54) is 0 Å². The highest BCUT2D eigenvalue weighted by molar-refractivity contribution is 5.66. The summed E-state index contributed by atoms with van der Waals surface area (Å²) in [6, 6.07) is 0. The van der Waals surface area contributed by atoms with E-state index in [-0.39, 0.29) is 18.3 Å². The molecule has 0 amide bonds. The van der Waals surface area contributed by atoms with Crippen LogP contribution in [0.25, 0.3) is 0 Å². The standard InChI is InChI=1S/C16H21NO4/c1-8-12(2-9-5-19-9)15(17)13(3-10-6-20-10)14(16(8)18)4-11-7-21-11/h9-11,18H,2-7,17H2,1H3. The molecule has 0 bridgehead atoms. The highest BCUT2D eigenvalue weighted by Gasteiger charge is 2.33. The number of benzene rings is 1. The van der Waals surface area contributed by atoms with Gasteiger partial charge < -0.3 is 25.1 Å². The van der Waals surface area contributed by atoms with Crippen molar-refractivity contribution in [1.82, 2.24) is 0 Å². The molecule has 0 aliphatic carbocycles. The average molecular weight is 291 g/mol. The molecule has 3 saturated heterocycles. The molecule has 5 heteroatoms. The molecule has 3 N–H and O–H groups in total. The van der Waals surface area contributed by atoms with Crippen LogP contribution in [0.5, 0.6) is 5.75 Å². The minimum atomic E-state index is 0.228. The van der Waals surface area contributed by atoms with Crippen LogP contribution < -0.4 is 5.73 Å². The third-order valence-electron chi connectivity index (χ3n) is 4.61. The molecule has 0 radical (unpaired) electrons. The fourth-order valence-corrected chi connectivity index (χ4v) is 3.02. The number of hydrogen-bond donors (Lipinski definition) is 2. The van der Waals surface area contributed by atoms with Gasteiger partial charge in [-0.3, -0.25) is 0 Å². The first kappa shape index (κ1) is 13.4. The summed E-state index contributed by atoms with van der Waals surface area (Å²) in [4.78, 5) is 0. The first-order valence-electron chi connectivity index (χ1n) is 7.60. The quantitative estimate of drug-likeness (QED) is 0.466. The minimum absolute atomic E-state index is 0.228. The van der Waals surface area contributed by atoms with E-state index in [1.807, 2.05) is 6.92 Å². The van der Waals surface area contributed by atoms with Crippen LogP contribution in [0, 0.1) is 6.92 Å². The van der Waals surface area contributed by atoms with Crippen molar-refractivity contribution in [3.8, 4) is 5.75 Å². The van der Waals surface area contributed by atoms with E-state index in [0.29, 0.717) is 5.75 Å². The molecule has 5 nitrogen and oxygen atoms in total. The number of phenols is 1. The number of ether oxygens (including phenoxy) is 3. The molecule has 3 aliphatic rings. The number of rotatable bonds is 6. The first-order valence-corrected chi connectivity index (χ1v) is 7.60. The second-order valence-corrected chi connectivity index (χ2v) is 6.30. The van der Waals surface area contributed by atoms with E-state index in [0.717, 1.165) is 67.0 Å². The van der Waals surface area contributed by atoms with Crippen molar-refractivity contribution < 1.29 is 19.3 Å². The zero-order chi connectivity index (χ0) is 14.6. The third kappa shape index (κ3) is 2.73. The van der Waals surface area contributed by atoms with Gasteiger partial charge in [-0.1, -0.05) is 0 Å². The molecular formula is C16H21NO4. The van der Waals surface area contributed by atoms with Crippen molar-refractivity contribution in [3.63, 3.8) is 0 Å². The second-order valence-electron chi connectivity index (χ2n) is 6.30. The average Bonchev–Trinajstić information content (AvgIpc) is 3.31. The highest BCUT2D eigenvalue weighted by Crippen LogP contribution is 2.40. The number of hydrogen-bond acceptors (Lipinski definition) is 5. The normalized spacial score (nSPS) is 29.5. The molecule has 0 saturated carbocycles. The Bertz CT molecular complexity index is 574. The lowest BCUT2D eigenvalue weighted by Crippen LogP contribution is -2.12. The Hall–Kier alpha value is -1.30. The smallest absolute Gasteiger partial charge is 0.122 e. The summed E-state index contributed by atoms with van der Waals surface area (Å²) in [6.07, 6.45) is 3.03. The lowest BCUT2D eigenvalue weighted by atomic mass is 9.88. The van der Waals surface area contributed by atoms with E-state index in [1.54, 1.807) is 0 Å². The minimum Gasteiger partial charge on any atom is -0.507 e. The SMILES string of the molecule is Cc1c(O)c(CC2CO2)c(CC2CO2)c(N)c1CC1CO1. The van der Waals surface area contributed by atoms with Crippen LogP contribution in [-0.4, -0.2) is 43.2 Å². The number of phenolic OH excluding ortho intramolecular Hbond substituents is 1. The van der Waals surface area contributed by atoms with Crippen LogP contribution in [0.3, 0.4) is 0 Å². The summed E-state index contributed by atoms with van der Waals surface area (Å²) in [6.45, 7) is 4.29. The zero-order valence-corrected chi connectivity index (χ0v) is 12.2. The lowest BCUT2D eigenvalue weighted by Gasteiger charge is -2.20. The van der Waals surface area contributed by atoms with Crippen molar-refractivity contribution in [3.05, 3.63) is 22.3 Å². The monoisotopic (exact) mass is 291 g/mol. The molecule has 4 rings (SSSR count). The molecule has 1 aromatic rings. The number of nitrogens with two attached hydrogens (primary N) is 1. The predicted molar refractivity (Wildman–Crippen MR) is 77.6 cm³/mol. The Labute approximate surface area is 124 Å². The van der Waals surface area contributed by atoms with Gasteiger partial charge in [-0.25, -0.2) is 0 Å². The van der Waals surface area contributed by atoms with Crippen LogP contribution in [0.1, 0.15) is 22.3 Å². The van der Waals surface area contributed by atoms with E-state index in [9.17, 15) is 5.11 Å². The molecule has 21 heavy (non-hydrogen) atoms. The molecule has 3 unspecified atom stereocenters. The van der Waals surface area contributed by atoms with Gasteiger partial charge in [0.15, 0.2) is 0 Å². The molecule has 3 fully saturated rings. The van der Waals surface area contributed by atoms with Crippen molar-refractivity contribution in [2.24, 2.45) is 0 Å². The third-order valence-corrected chi connectivity index (χ3v) is 4.61. The van der Waals surface area contributed by atoms with Crippen LogP contribution >= 0.6 is 0 Å². The molecule has 0 spiro atoms. The fraction of sp³-hybridized carbons (Fsp3) is 0.625. The highest BCUT2D eigenvalue weighted by atomic mass is 16.6. The number of anilines is 1. The first-order chi connectivity index (χ1) is 10.1. The van der Waals surface area contributed by atoms with Gasteiger partial charge in [0.05, 0.1) is 38.1 Å². The summed E-state index contributed by atoms with van der Waals surface area (Å²) < 4.78 is 16.0. The van der Waals surface area contributed by atoms with Crippen molar-refractivity contribution >= 4 is 5.69 Å². The maximum Gasteiger partial charge on any atom is 0.122 e. The van der Waals surface area contributed by atoms with E-state index < -0.39 is 0 Å². The van der Waals surface area contributed by atoms with E-state index in [2.05, 4.69) is 0 Å². The van der Waals surface area contributed by atoms with Crippen LogP contribution in [0.2, 0.25) is 0 Å². The molecule has 0 aromatic heterocycles. The maximum atomic E-state index is 10.6. The molecule has 3 atom stereocenters. The van der Waals surface area contributed by atoms with Gasteiger partial charge in [-0.15, -0.1) is 0 Å². The van der Waals surface area contributed by atoms with Crippen molar-refractivity contribution in [2.75, 3.05) is 25.6 Å².